The maximum absolute atomic E-state index is 14.8. The number of carbonyl (C=O) groups is 1. The third-order valence-electron chi connectivity index (χ3n) is 5.06. The number of aromatic nitrogens is 3. The van der Waals surface area contributed by atoms with Crippen LogP contribution in [-0.4, -0.2) is 57.5 Å². The number of ether oxygens (including phenoxy) is 2. The largest absolute Gasteiger partial charge is 0.444 e. The lowest BCUT2D eigenvalue weighted by molar-refractivity contribution is 0.0334. The van der Waals surface area contributed by atoms with Crippen LogP contribution >= 0.6 is 0 Å². The fourth-order valence-electron chi connectivity index (χ4n) is 3.65. The molecule has 0 radical (unpaired) electrons. The number of halogens is 1. The summed E-state index contributed by atoms with van der Waals surface area (Å²) in [6, 6.07) is 6.52. The van der Waals surface area contributed by atoms with Gasteiger partial charge in [0.2, 0.25) is 0 Å². The van der Waals surface area contributed by atoms with Crippen molar-refractivity contribution in [2.24, 2.45) is 0 Å². The Bertz CT molecular complexity index is 1130. The van der Waals surface area contributed by atoms with Gasteiger partial charge in [-0.2, -0.15) is 5.10 Å². The van der Waals surface area contributed by atoms with E-state index in [1.165, 1.54) is 18.5 Å². The molecule has 170 valence electrons. The van der Waals surface area contributed by atoms with Crippen LogP contribution in [0.5, 0.6) is 0 Å². The van der Waals surface area contributed by atoms with Gasteiger partial charge in [-0.25, -0.2) is 18.7 Å². The second-order valence-electron chi connectivity index (χ2n) is 8.67. The molecule has 10 heteroatoms. The van der Waals surface area contributed by atoms with Crippen LogP contribution in [0.15, 0.2) is 30.6 Å². The molecule has 9 nitrogen and oxygen atoms in total. The number of hydrogen-bond acceptors (Lipinski definition) is 7. The van der Waals surface area contributed by atoms with Crippen LogP contribution in [0.2, 0.25) is 0 Å². The molecule has 1 amide bonds. The number of anilines is 2. The Labute approximate surface area is 185 Å². The van der Waals surface area contributed by atoms with Crippen LogP contribution in [0.1, 0.15) is 26.5 Å². The van der Waals surface area contributed by atoms with Gasteiger partial charge in [0.25, 0.3) is 0 Å². The molecule has 1 saturated heterocycles. The summed E-state index contributed by atoms with van der Waals surface area (Å²) in [7, 11) is 0. The second kappa shape index (κ2) is 8.71. The molecule has 0 aliphatic carbocycles. The smallest absolute Gasteiger partial charge is 0.412 e. The van der Waals surface area contributed by atoms with E-state index in [4.69, 9.17) is 15.2 Å². The van der Waals surface area contributed by atoms with E-state index in [0.717, 1.165) is 18.8 Å². The monoisotopic (exact) mass is 442 g/mol. The molecule has 32 heavy (non-hydrogen) atoms. The molecule has 0 unspecified atom stereocenters. The summed E-state index contributed by atoms with van der Waals surface area (Å²) in [5.74, 6) is -0.280. The zero-order chi connectivity index (χ0) is 22.9. The molecule has 1 fully saturated rings. The van der Waals surface area contributed by atoms with E-state index in [9.17, 15) is 9.18 Å². The fourth-order valence-corrected chi connectivity index (χ4v) is 3.65. The molecule has 4 rings (SSSR count). The van der Waals surface area contributed by atoms with Crippen molar-refractivity contribution in [2.75, 3.05) is 37.4 Å². The van der Waals surface area contributed by atoms with Crippen molar-refractivity contribution in [1.29, 1.82) is 0 Å². The van der Waals surface area contributed by atoms with E-state index in [-0.39, 0.29) is 5.69 Å². The number of carbonyl (C=O) groups excluding carboxylic acids is 1. The van der Waals surface area contributed by atoms with Gasteiger partial charge in [-0.3, -0.25) is 10.2 Å². The van der Waals surface area contributed by atoms with E-state index >= 15 is 0 Å². The van der Waals surface area contributed by atoms with Gasteiger partial charge in [-0.05, 0) is 44.5 Å². The van der Waals surface area contributed by atoms with Gasteiger partial charge in [-0.1, -0.05) is 6.07 Å². The number of nitrogens with zero attached hydrogens (tertiary/aromatic N) is 4. The third-order valence-corrected chi connectivity index (χ3v) is 5.06. The molecular weight excluding hydrogens is 415 g/mol. The minimum atomic E-state index is -0.719. The number of amides is 1. The van der Waals surface area contributed by atoms with Crippen LogP contribution < -0.4 is 11.1 Å². The number of nitrogen functional groups attached to an aromatic ring is 1. The van der Waals surface area contributed by atoms with Crippen molar-refractivity contribution in [2.45, 2.75) is 32.9 Å². The average Bonchev–Trinajstić information content (AvgIpc) is 3.09. The van der Waals surface area contributed by atoms with Gasteiger partial charge in [0.05, 0.1) is 24.6 Å². The van der Waals surface area contributed by atoms with Crippen LogP contribution in [0.3, 0.4) is 0 Å². The Morgan fingerprint density at radius 2 is 2.03 bits per heavy atom. The lowest BCUT2D eigenvalue weighted by Crippen LogP contribution is -2.36. The molecule has 0 saturated carbocycles. The summed E-state index contributed by atoms with van der Waals surface area (Å²) in [4.78, 5) is 18.4. The highest BCUT2D eigenvalue weighted by molar-refractivity contribution is 5.90. The highest BCUT2D eigenvalue weighted by Gasteiger charge is 2.21. The zero-order valence-corrected chi connectivity index (χ0v) is 18.4. The standard InChI is InChI=1S/C22H27FN6O3/c1-22(2,3)32-21(30)27-18-5-4-14(10-17(18)23)16-11-15(12-28-6-8-31-9-7-28)29-19(16)20(24)25-13-26-29/h4-5,10-11,13H,6-9,12H2,1-3H3,(H,27,30)(H2,24,25,26). The first-order chi connectivity index (χ1) is 15.2. The normalized spacial score (nSPS) is 15.1. The Balaban J connectivity index is 1.65. The zero-order valence-electron chi connectivity index (χ0n) is 18.4. The highest BCUT2D eigenvalue weighted by Crippen LogP contribution is 2.33. The van der Waals surface area contributed by atoms with Crippen molar-refractivity contribution < 1.29 is 18.7 Å². The predicted octanol–water partition coefficient (Wildman–Crippen LogP) is 3.30. The average molecular weight is 442 g/mol. The van der Waals surface area contributed by atoms with Gasteiger partial charge in [-0.15, -0.1) is 0 Å². The van der Waals surface area contributed by atoms with Crippen LogP contribution in [0.4, 0.5) is 20.7 Å². The minimum Gasteiger partial charge on any atom is -0.444 e. The van der Waals surface area contributed by atoms with Crippen molar-refractivity contribution >= 4 is 23.1 Å². The van der Waals surface area contributed by atoms with E-state index < -0.39 is 17.5 Å². The topological polar surface area (TPSA) is 107 Å². The van der Waals surface area contributed by atoms with E-state index in [2.05, 4.69) is 20.3 Å². The van der Waals surface area contributed by atoms with Gasteiger partial charge in [0.15, 0.2) is 5.82 Å². The molecule has 1 aromatic carbocycles. The highest BCUT2D eigenvalue weighted by atomic mass is 19.1. The quantitative estimate of drug-likeness (QED) is 0.638. The maximum Gasteiger partial charge on any atom is 0.412 e. The third kappa shape index (κ3) is 4.81. The summed E-state index contributed by atoms with van der Waals surface area (Å²) in [6.45, 7) is 8.89. The van der Waals surface area contributed by atoms with Gasteiger partial charge in [0, 0.05) is 25.2 Å². The van der Waals surface area contributed by atoms with E-state index in [0.29, 0.717) is 42.2 Å². The molecule has 3 heterocycles. The molecular formula is C22H27FN6O3. The Kier molecular flexibility index (Phi) is 5.98. The number of fused-ring (bicyclic) bond motifs is 1. The van der Waals surface area contributed by atoms with Gasteiger partial charge in [0.1, 0.15) is 23.3 Å². The lowest BCUT2D eigenvalue weighted by atomic mass is 10.1. The van der Waals surface area contributed by atoms with E-state index in [1.807, 2.05) is 6.07 Å². The molecule has 1 aliphatic rings. The van der Waals surface area contributed by atoms with E-state index in [1.54, 1.807) is 31.4 Å². The molecule has 0 bridgehead atoms. The molecule has 3 N–H and O–H groups in total. The second-order valence-corrected chi connectivity index (χ2v) is 8.67. The first-order valence-electron chi connectivity index (χ1n) is 10.4. The first kappa shape index (κ1) is 22.0. The van der Waals surface area contributed by atoms with Crippen LogP contribution in [0.25, 0.3) is 16.6 Å². The number of benzene rings is 1. The molecule has 1 aliphatic heterocycles. The SMILES string of the molecule is CC(C)(C)OC(=O)Nc1ccc(-c2cc(CN3CCOCC3)n3ncnc(N)c23)cc1F. The molecule has 0 atom stereocenters. The number of rotatable bonds is 4. The summed E-state index contributed by atoms with van der Waals surface area (Å²) in [5, 5.41) is 6.81. The summed E-state index contributed by atoms with van der Waals surface area (Å²) in [6.07, 6.45) is 0.688. The van der Waals surface area contributed by atoms with Crippen LogP contribution in [-0.2, 0) is 16.0 Å². The van der Waals surface area contributed by atoms with Crippen molar-refractivity contribution in [1.82, 2.24) is 19.5 Å². The minimum absolute atomic E-state index is 0.0317. The van der Waals surface area contributed by atoms with Gasteiger partial charge >= 0.3 is 6.09 Å². The van der Waals surface area contributed by atoms with Crippen molar-refractivity contribution in [3.05, 3.63) is 42.1 Å². The summed E-state index contributed by atoms with van der Waals surface area (Å²) < 4.78 is 27.2. The number of nitrogens with two attached hydrogens (primary N) is 1. The summed E-state index contributed by atoms with van der Waals surface area (Å²) >= 11 is 0. The summed E-state index contributed by atoms with van der Waals surface area (Å²) in [5.41, 5.74) is 8.36. The number of nitrogens with one attached hydrogen (secondary N) is 1. The Hall–Kier alpha value is -3.24. The fraction of sp³-hybridized carbons (Fsp3) is 0.409. The van der Waals surface area contributed by atoms with Gasteiger partial charge < -0.3 is 15.2 Å². The number of morpholine rings is 1. The lowest BCUT2D eigenvalue weighted by Gasteiger charge is -2.26. The Morgan fingerprint density at radius 3 is 2.72 bits per heavy atom. The predicted molar refractivity (Wildman–Crippen MR) is 119 cm³/mol. The maximum atomic E-state index is 14.8. The molecule has 3 aromatic rings. The first-order valence-corrected chi connectivity index (χ1v) is 10.4. The molecule has 2 aromatic heterocycles. The van der Waals surface area contributed by atoms with Crippen LogP contribution in [0, 0.1) is 5.82 Å². The molecule has 0 spiro atoms. The Morgan fingerprint density at radius 1 is 1.28 bits per heavy atom. The van der Waals surface area contributed by atoms with Crippen molar-refractivity contribution in [3.8, 4) is 11.1 Å². The van der Waals surface area contributed by atoms with Crippen molar-refractivity contribution in [3.63, 3.8) is 0 Å². The number of hydrogen-bond donors (Lipinski definition) is 2.